The quantitative estimate of drug-likeness (QED) is 0.715. The third-order valence-corrected chi connectivity index (χ3v) is 4.07. The van der Waals surface area contributed by atoms with E-state index in [0.29, 0.717) is 17.4 Å². The number of aromatic hydroxyl groups is 1. The summed E-state index contributed by atoms with van der Waals surface area (Å²) in [5.41, 5.74) is 0.245. The van der Waals surface area contributed by atoms with E-state index in [0.717, 1.165) is 6.42 Å². The molecule has 1 heterocycles. The smallest absolute Gasteiger partial charge is 0.340 e. The van der Waals surface area contributed by atoms with Crippen LogP contribution in [0.25, 0.3) is 11.0 Å². The van der Waals surface area contributed by atoms with Gasteiger partial charge in [-0.2, -0.15) is 0 Å². The summed E-state index contributed by atoms with van der Waals surface area (Å²) in [7, 11) is 0. The molecular weight excluding hydrogens is 326 g/mol. The van der Waals surface area contributed by atoms with Crippen molar-refractivity contribution in [3.63, 3.8) is 0 Å². The van der Waals surface area contributed by atoms with Gasteiger partial charge in [0.15, 0.2) is 0 Å². The molecule has 1 amide bonds. The van der Waals surface area contributed by atoms with Gasteiger partial charge in [0, 0.05) is 11.5 Å². The Hall–Kier alpha value is -2.83. The maximum Gasteiger partial charge on any atom is 0.340 e. The van der Waals surface area contributed by atoms with Crippen LogP contribution in [0.4, 0.5) is 0 Å². The number of aliphatic carboxylic acids is 1. The fourth-order valence-electron chi connectivity index (χ4n) is 2.65. The molecule has 0 aliphatic carbocycles. The van der Waals surface area contributed by atoms with Crippen molar-refractivity contribution < 1.29 is 24.2 Å². The molecule has 0 bridgehead atoms. The van der Waals surface area contributed by atoms with Crippen LogP contribution in [0.1, 0.15) is 37.3 Å². The molecule has 0 saturated heterocycles. The first kappa shape index (κ1) is 18.5. The molecule has 0 saturated carbocycles. The third kappa shape index (κ3) is 4.37. The average molecular weight is 346 g/mol. The summed E-state index contributed by atoms with van der Waals surface area (Å²) < 4.78 is 5.15. The van der Waals surface area contributed by atoms with Gasteiger partial charge in [0.2, 0.25) is 5.91 Å². The summed E-state index contributed by atoms with van der Waals surface area (Å²) in [6.45, 7) is 3.59. The number of carboxylic acids is 1. The van der Waals surface area contributed by atoms with E-state index in [-0.39, 0.29) is 29.7 Å². The van der Waals surface area contributed by atoms with E-state index in [1.165, 1.54) is 12.1 Å². The molecule has 0 aliphatic heterocycles. The van der Waals surface area contributed by atoms with Crippen LogP contribution >= 0.6 is 0 Å². The van der Waals surface area contributed by atoms with Crippen molar-refractivity contribution in [2.75, 3.05) is 0 Å². The Kier molecular flexibility index (Phi) is 5.80. The van der Waals surface area contributed by atoms with Gasteiger partial charge in [0.05, 0.1) is 24.0 Å². The van der Waals surface area contributed by atoms with Crippen molar-refractivity contribution in [1.82, 2.24) is 5.32 Å². The highest BCUT2D eigenvalue weighted by molar-refractivity contribution is 5.87. The molecule has 7 nitrogen and oxygen atoms in total. The van der Waals surface area contributed by atoms with Crippen molar-refractivity contribution >= 4 is 22.8 Å². The van der Waals surface area contributed by atoms with Crippen LogP contribution < -0.4 is 16.0 Å². The molecular formula is C18H20NO6-. The fraction of sp³-hybridized carbons (Fsp3) is 0.389. The van der Waals surface area contributed by atoms with Crippen molar-refractivity contribution in [3.05, 3.63) is 39.7 Å². The first-order valence-electron chi connectivity index (χ1n) is 8.09. The lowest BCUT2D eigenvalue weighted by Crippen LogP contribution is -2.48. The number of benzene rings is 1. The monoisotopic (exact) mass is 346 g/mol. The zero-order valence-corrected chi connectivity index (χ0v) is 14.1. The Morgan fingerprint density at radius 2 is 2.08 bits per heavy atom. The molecule has 1 aromatic heterocycles. The second-order valence-electron chi connectivity index (χ2n) is 5.93. The highest BCUT2D eigenvalue weighted by Crippen LogP contribution is 2.23. The maximum atomic E-state index is 12.2. The van der Waals surface area contributed by atoms with Gasteiger partial charge in [-0.1, -0.05) is 19.8 Å². The minimum Gasteiger partial charge on any atom is -0.548 e. The number of carboxylic acid groups (broad SMARTS) is 1. The van der Waals surface area contributed by atoms with Crippen molar-refractivity contribution in [2.24, 2.45) is 0 Å². The second-order valence-corrected chi connectivity index (χ2v) is 5.93. The molecule has 2 N–H and O–H groups in total. The van der Waals surface area contributed by atoms with E-state index < -0.39 is 23.5 Å². The lowest BCUT2D eigenvalue weighted by molar-refractivity contribution is -0.308. The van der Waals surface area contributed by atoms with E-state index in [1.807, 2.05) is 6.92 Å². The first-order valence-corrected chi connectivity index (χ1v) is 8.09. The molecule has 0 fully saturated rings. The van der Waals surface area contributed by atoms with Crippen molar-refractivity contribution in [2.45, 2.75) is 45.6 Å². The summed E-state index contributed by atoms with van der Waals surface area (Å²) in [6.07, 6.45) is 1.41. The van der Waals surface area contributed by atoms with Gasteiger partial charge >= 0.3 is 5.63 Å². The number of fused-ring (bicyclic) bond motifs is 1. The van der Waals surface area contributed by atoms with Crippen molar-refractivity contribution in [1.29, 1.82) is 0 Å². The van der Waals surface area contributed by atoms with Gasteiger partial charge in [-0.25, -0.2) is 4.79 Å². The Balaban J connectivity index is 2.24. The standard InChI is InChI=1S/C18H21NO6/c1-3-4-5-14(17(22)23)19-16(21)9-13-10(2)12-7-6-11(20)8-15(12)25-18(13)24/h6-8,14,20H,3-5,9H2,1-2H3,(H,19,21)(H,22,23)/p-1/t14-/m1/s1. The molecule has 0 radical (unpaired) electrons. The van der Waals surface area contributed by atoms with Crippen molar-refractivity contribution in [3.8, 4) is 5.75 Å². The molecule has 1 aromatic carbocycles. The Bertz CT molecular complexity index is 855. The largest absolute Gasteiger partial charge is 0.548 e. The molecule has 2 aromatic rings. The van der Waals surface area contributed by atoms with Gasteiger partial charge in [-0.3, -0.25) is 4.79 Å². The normalized spacial score (nSPS) is 12.1. The number of carbonyl (C=O) groups is 2. The van der Waals surface area contributed by atoms with E-state index in [2.05, 4.69) is 5.32 Å². The van der Waals surface area contributed by atoms with Crippen LogP contribution in [0.2, 0.25) is 0 Å². The van der Waals surface area contributed by atoms with E-state index >= 15 is 0 Å². The highest BCUT2D eigenvalue weighted by Gasteiger charge is 2.18. The van der Waals surface area contributed by atoms with Gasteiger partial charge in [0.25, 0.3) is 0 Å². The summed E-state index contributed by atoms with van der Waals surface area (Å²) in [4.78, 5) is 35.4. The molecule has 0 aliphatic rings. The minimum absolute atomic E-state index is 0.0340. The summed E-state index contributed by atoms with van der Waals surface area (Å²) in [5, 5.41) is 23.6. The highest BCUT2D eigenvalue weighted by atomic mass is 16.4. The number of phenols is 1. The van der Waals surface area contributed by atoms with Crippen LogP contribution in [-0.2, 0) is 16.0 Å². The molecule has 2 rings (SSSR count). The number of rotatable bonds is 7. The van der Waals surface area contributed by atoms with Gasteiger partial charge in [-0.05, 0) is 31.0 Å². The van der Waals surface area contributed by atoms with Crippen LogP contribution in [0.3, 0.4) is 0 Å². The Morgan fingerprint density at radius 3 is 2.72 bits per heavy atom. The molecule has 134 valence electrons. The second kappa shape index (κ2) is 7.83. The van der Waals surface area contributed by atoms with Gasteiger partial charge in [0.1, 0.15) is 11.3 Å². The predicted octanol–water partition coefficient (Wildman–Crippen LogP) is 0.774. The topological polar surface area (TPSA) is 120 Å². The molecule has 0 spiro atoms. The van der Waals surface area contributed by atoms with Crippen LogP contribution in [-0.4, -0.2) is 23.0 Å². The van der Waals surface area contributed by atoms with Crippen LogP contribution in [0, 0.1) is 6.92 Å². The summed E-state index contributed by atoms with van der Waals surface area (Å²) >= 11 is 0. The fourth-order valence-corrected chi connectivity index (χ4v) is 2.65. The Labute approximate surface area is 144 Å². The number of amides is 1. The molecule has 25 heavy (non-hydrogen) atoms. The van der Waals surface area contributed by atoms with E-state index in [1.54, 1.807) is 13.0 Å². The lowest BCUT2D eigenvalue weighted by Gasteiger charge is -2.19. The number of hydrogen-bond donors (Lipinski definition) is 2. The summed E-state index contributed by atoms with van der Waals surface area (Å²) in [5.74, 6) is -1.97. The van der Waals surface area contributed by atoms with Crippen LogP contribution in [0.15, 0.2) is 27.4 Å². The minimum atomic E-state index is -1.35. The average Bonchev–Trinajstić information content (AvgIpc) is 2.54. The molecule has 1 atom stereocenters. The third-order valence-electron chi connectivity index (χ3n) is 4.07. The van der Waals surface area contributed by atoms with E-state index in [4.69, 9.17) is 4.42 Å². The lowest BCUT2D eigenvalue weighted by atomic mass is 10.0. The SMILES string of the molecule is CCCC[C@@H](NC(=O)Cc1c(C)c2ccc(O)cc2oc1=O)C(=O)[O-]. The van der Waals surface area contributed by atoms with Crippen LogP contribution in [0.5, 0.6) is 5.75 Å². The molecule has 7 heteroatoms. The number of hydrogen-bond acceptors (Lipinski definition) is 6. The predicted molar refractivity (Wildman–Crippen MR) is 89.1 cm³/mol. The number of unbranched alkanes of at least 4 members (excludes halogenated alkanes) is 1. The maximum absolute atomic E-state index is 12.2. The number of nitrogens with one attached hydrogen (secondary N) is 1. The number of aryl methyl sites for hydroxylation is 1. The molecule has 0 unspecified atom stereocenters. The Morgan fingerprint density at radius 1 is 1.36 bits per heavy atom. The van der Waals surface area contributed by atoms with E-state index in [9.17, 15) is 24.6 Å². The van der Waals surface area contributed by atoms with Gasteiger partial charge in [-0.15, -0.1) is 0 Å². The first-order chi connectivity index (χ1) is 11.8. The zero-order chi connectivity index (χ0) is 18.6. The van der Waals surface area contributed by atoms with Gasteiger partial charge < -0.3 is 24.7 Å². The number of phenolic OH excluding ortho intramolecular Hbond substituents is 1. The zero-order valence-electron chi connectivity index (χ0n) is 14.1. The number of carbonyl (C=O) groups excluding carboxylic acids is 2. The summed E-state index contributed by atoms with van der Waals surface area (Å²) in [6, 6.07) is 3.29.